The first kappa shape index (κ1) is 26.4. The molecule has 0 radical (unpaired) electrons. The van der Waals surface area contributed by atoms with Gasteiger partial charge in [-0.2, -0.15) is 0 Å². The average Bonchev–Trinajstić information content (AvgIpc) is 3.28. The second kappa shape index (κ2) is 12.5. The molecule has 10 nitrogen and oxygen atoms in total. The number of carbonyl (C=O) groups excluding carboxylic acids is 5. The van der Waals surface area contributed by atoms with Crippen LogP contribution in [-0.4, -0.2) is 56.1 Å². The van der Waals surface area contributed by atoms with Crippen molar-refractivity contribution in [2.24, 2.45) is 5.92 Å². The maximum Gasteiger partial charge on any atom is 0.338 e. The van der Waals surface area contributed by atoms with E-state index in [1.807, 2.05) is 6.92 Å². The molecule has 1 saturated heterocycles. The summed E-state index contributed by atoms with van der Waals surface area (Å²) in [5, 5.41) is 2.57. The summed E-state index contributed by atoms with van der Waals surface area (Å²) in [7, 11) is 0. The van der Waals surface area contributed by atoms with Gasteiger partial charge < -0.3 is 24.4 Å². The number of nitrogens with one attached hydrogen (secondary N) is 1. The molecule has 190 valence electrons. The number of carbonyl (C=O) groups is 5. The van der Waals surface area contributed by atoms with Crippen LogP contribution in [0.2, 0.25) is 0 Å². The van der Waals surface area contributed by atoms with Gasteiger partial charge in [-0.3, -0.25) is 14.4 Å². The van der Waals surface area contributed by atoms with Crippen LogP contribution in [0.3, 0.4) is 0 Å². The van der Waals surface area contributed by atoms with E-state index in [2.05, 4.69) is 5.32 Å². The molecule has 0 unspecified atom stereocenters. The minimum Gasteiger partial charge on any atom is -0.462 e. The zero-order valence-corrected chi connectivity index (χ0v) is 20.2. The fourth-order valence-electron chi connectivity index (χ4n) is 3.53. The predicted molar refractivity (Wildman–Crippen MR) is 129 cm³/mol. The van der Waals surface area contributed by atoms with Crippen LogP contribution < -0.4 is 10.2 Å². The Morgan fingerprint density at radius 1 is 0.889 bits per heavy atom. The van der Waals surface area contributed by atoms with E-state index >= 15 is 0 Å². The molecular formula is C26H28N2O8. The molecule has 10 heteroatoms. The summed E-state index contributed by atoms with van der Waals surface area (Å²) < 4.78 is 15.1. The predicted octanol–water partition coefficient (Wildman–Crippen LogP) is 2.96. The highest BCUT2D eigenvalue weighted by atomic mass is 16.5. The van der Waals surface area contributed by atoms with Crippen LogP contribution >= 0.6 is 0 Å². The molecule has 2 aromatic carbocycles. The highest BCUT2D eigenvalue weighted by Crippen LogP contribution is 2.26. The third-order valence-corrected chi connectivity index (χ3v) is 5.34. The smallest absolute Gasteiger partial charge is 0.338 e. The van der Waals surface area contributed by atoms with Crippen LogP contribution in [0.1, 0.15) is 47.4 Å². The zero-order valence-electron chi connectivity index (χ0n) is 20.2. The zero-order chi connectivity index (χ0) is 26.1. The molecule has 1 aliphatic rings. The Hall–Kier alpha value is -4.21. The van der Waals surface area contributed by atoms with Crippen molar-refractivity contribution in [1.82, 2.24) is 0 Å². The first-order chi connectivity index (χ1) is 17.3. The molecule has 3 rings (SSSR count). The van der Waals surface area contributed by atoms with Crippen LogP contribution in [0.25, 0.3) is 0 Å². The number of ether oxygens (including phenoxy) is 3. The van der Waals surface area contributed by atoms with Crippen LogP contribution in [0.4, 0.5) is 11.4 Å². The number of hydrogen-bond acceptors (Lipinski definition) is 8. The number of hydrogen-bond donors (Lipinski definition) is 1. The molecule has 0 spiro atoms. The van der Waals surface area contributed by atoms with Crippen LogP contribution in [-0.2, 0) is 28.6 Å². The monoisotopic (exact) mass is 496 g/mol. The van der Waals surface area contributed by atoms with Crippen LogP contribution in [0, 0.1) is 5.92 Å². The van der Waals surface area contributed by atoms with E-state index in [0.29, 0.717) is 29.1 Å². The molecule has 1 fully saturated rings. The van der Waals surface area contributed by atoms with Gasteiger partial charge in [0.15, 0.2) is 6.61 Å². The van der Waals surface area contributed by atoms with Crippen LogP contribution in [0.15, 0.2) is 48.5 Å². The van der Waals surface area contributed by atoms with Crippen molar-refractivity contribution in [1.29, 1.82) is 0 Å². The quantitative estimate of drug-likeness (QED) is 0.393. The van der Waals surface area contributed by atoms with Crippen molar-refractivity contribution in [2.75, 3.05) is 36.6 Å². The first-order valence-electron chi connectivity index (χ1n) is 11.6. The molecular weight excluding hydrogens is 468 g/mol. The summed E-state index contributed by atoms with van der Waals surface area (Å²) in [6.07, 6.45) is 0.672. The standard InChI is InChI=1S/C26H28N2O8/c1-3-13-35-25(32)18-7-11-21(12-8-18)28-15-19(14-23(28)30)26(33)36-16-22(29)27-20-9-5-17(6-10-20)24(31)34-4-2/h5-12,19H,3-4,13-16H2,1-2H3,(H,27,29)/t19-/m1/s1. The van der Waals surface area contributed by atoms with Crippen LogP contribution in [0.5, 0.6) is 0 Å². The van der Waals surface area contributed by atoms with Crippen molar-refractivity contribution in [3.05, 3.63) is 59.7 Å². The molecule has 1 heterocycles. The normalized spacial score (nSPS) is 14.8. The van der Waals surface area contributed by atoms with Crippen molar-refractivity contribution in [3.63, 3.8) is 0 Å². The topological polar surface area (TPSA) is 128 Å². The van der Waals surface area contributed by atoms with E-state index in [1.54, 1.807) is 31.2 Å². The van der Waals surface area contributed by atoms with Gasteiger partial charge in [0.2, 0.25) is 5.91 Å². The Kier molecular flexibility index (Phi) is 9.15. The largest absolute Gasteiger partial charge is 0.462 e. The summed E-state index contributed by atoms with van der Waals surface area (Å²) in [5.74, 6) is -3.09. The molecule has 1 N–H and O–H groups in total. The van der Waals surface area contributed by atoms with Gasteiger partial charge in [-0.05, 0) is 61.9 Å². The van der Waals surface area contributed by atoms with Gasteiger partial charge in [0.05, 0.1) is 30.3 Å². The number of benzene rings is 2. The minimum absolute atomic E-state index is 0.0456. The van der Waals surface area contributed by atoms with Gasteiger partial charge >= 0.3 is 17.9 Å². The highest BCUT2D eigenvalue weighted by molar-refractivity contribution is 6.00. The lowest BCUT2D eigenvalue weighted by Crippen LogP contribution is -2.28. The van der Waals surface area contributed by atoms with E-state index in [9.17, 15) is 24.0 Å². The van der Waals surface area contributed by atoms with Crippen molar-refractivity contribution in [2.45, 2.75) is 26.7 Å². The van der Waals surface area contributed by atoms with E-state index in [1.165, 1.54) is 29.2 Å². The number of esters is 3. The number of anilines is 2. The second-order valence-electron chi connectivity index (χ2n) is 8.04. The summed E-state index contributed by atoms with van der Waals surface area (Å²) in [4.78, 5) is 62.1. The van der Waals surface area contributed by atoms with E-state index in [-0.39, 0.29) is 25.5 Å². The Labute approximate surface area is 208 Å². The highest BCUT2D eigenvalue weighted by Gasteiger charge is 2.36. The lowest BCUT2D eigenvalue weighted by molar-refractivity contribution is -0.151. The molecule has 2 aromatic rings. The molecule has 0 bridgehead atoms. The number of amides is 2. The van der Waals surface area contributed by atoms with Crippen molar-refractivity contribution in [3.8, 4) is 0 Å². The van der Waals surface area contributed by atoms with Gasteiger partial charge in [0, 0.05) is 24.3 Å². The van der Waals surface area contributed by atoms with Gasteiger partial charge in [-0.15, -0.1) is 0 Å². The van der Waals surface area contributed by atoms with Gasteiger partial charge in [0.25, 0.3) is 5.91 Å². The van der Waals surface area contributed by atoms with Gasteiger partial charge in [-0.25, -0.2) is 9.59 Å². The maximum absolute atomic E-state index is 12.5. The lowest BCUT2D eigenvalue weighted by atomic mass is 10.1. The van der Waals surface area contributed by atoms with Crippen molar-refractivity contribution < 1.29 is 38.2 Å². The molecule has 1 atom stereocenters. The molecule has 0 saturated carbocycles. The van der Waals surface area contributed by atoms with Crippen molar-refractivity contribution >= 4 is 41.1 Å². The number of nitrogens with zero attached hydrogens (tertiary/aromatic N) is 1. The SMILES string of the molecule is CCCOC(=O)c1ccc(N2C[C@H](C(=O)OCC(=O)Nc3ccc(C(=O)OCC)cc3)CC2=O)cc1. The average molecular weight is 497 g/mol. The van der Waals surface area contributed by atoms with E-state index in [4.69, 9.17) is 14.2 Å². The summed E-state index contributed by atoms with van der Waals surface area (Å²) in [5.41, 5.74) is 1.69. The molecule has 1 aliphatic heterocycles. The Bertz CT molecular complexity index is 1110. The fraction of sp³-hybridized carbons (Fsp3) is 0.346. The number of rotatable bonds is 10. The molecule has 36 heavy (non-hydrogen) atoms. The molecule has 0 aromatic heterocycles. The first-order valence-corrected chi connectivity index (χ1v) is 11.6. The third kappa shape index (κ3) is 6.91. The van der Waals surface area contributed by atoms with Gasteiger partial charge in [-0.1, -0.05) is 6.92 Å². The maximum atomic E-state index is 12.5. The fourth-order valence-corrected chi connectivity index (χ4v) is 3.53. The Balaban J connectivity index is 1.48. The summed E-state index contributed by atoms with van der Waals surface area (Å²) in [6, 6.07) is 12.5. The Morgan fingerprint density at radius 3 is 2.11 bits per heavy atom. The van der Waals surface area contributed by atoms with Gasteiger partial charge in [0.1, 0.15) is 0 Å². The second-order valence-corrected chi connectivity index (χ2v) is 8.04. The summed E-state index contributed by atoms with van der Waals surface area (Å²) in [6.45, 7) is 3.78. The molecule has 0 aliphatic carbocycles. The Morgan fingerprint density at radius 2 is 1.50 bits per heavy atom. The summed E-state index contributed by atoms with van der Waals surface area (Å²) >= 11 is 0. The van der Waals surface area contributed by atoms with E-state index < -0.39 is 36.3 Å². The minimum atomic E-state index is -0.719. The third-order valence-electron chi connectivity index (χ3n) is 5.34. The van der Waals surface area contributed by atoms with E-state index in [0.717, 1.165) is 6.42 Å². The molecule has 2 amide bonds. The lowest BCUT2D eigenvalue weighted by Gasteiger charge is -2.17.